The van der Waals surface area contributed by atoms with Crippen LogP contribution in [0.15, 0.2) is 24.3 Å². The first-order valence-corrected chi connectivity index (χ1v) is 7.21. The summed E-state index contributed by atoms with van der Waals surface area (Å²) in [6.45, 7) is 0. The van der Waals surface area contributed by atoms with Crippen molar-refractivity contribution in [2.45, 2.75) is 43.6 Å². The highest BCUT2D eigenvalue weighted by Crippen LogP contribution is 2.61. The normalized spacial score (nSPS) is 45.4. The van der Waals surface area contributed by atoms with Gasteiger partial charge in [-0.15, -0.1) is 0 Å². The molecule has 96 valence electrons. The van der Waals surface area contributed by atoms with Gasteiger partial charge in [0.25, 0.3) is 0 Å². The van der Waals surface area contributed by atoms with E-state index in [4.69, 9.17) is 5.73 Å². The predicted molar refractivity (Wildman–Crippen MR) is 72.1 cm³/mol. The zero-order valence-corrected chi connectivity index (χ0v) is 10.7. The number of benzene rings is 1. The quantitative estimate of drug-likeness (QED) is 0.745. The molecule has 0 saturated heterocycles. The summed E-state index contributed by atoms with van der Waals surface area (Å²) in [5.74, 6) is 2.86. The van der Waals surface area contributed by atoms with Gasteiger partial charge in [-0.1, -0.05) is 12.1 Å². The second-order valence-corrected chi connectivity index (χ2v) is 6.89. The first-order chi connectivity index (χ1) is 8.63. The van der Waals surface area contributed by atoms with E-state index in [0.717, 1.165) is 30.9 Å². The van der Waals surface area contributed by atoms with Crippen molar-refractivity contribution < 1.29 is 5.11 Å². The molecule has 4 fully saturated rings. The van der Waals surface area contributed by atoms with Crippen molar-refractivity contribution in [3.8, 4) is 0 Å². The van der Waals surface area contributed by atoms with Gasteiger partial charge in [0.1, 0.15) is 0 Å². The summed E-state index contributed by atoms with van der Waals surface area (Å²) in [6, 6.07) is 8.45. The molecule has 4 bridgehead atoms. The Morgan fingerprint density at radius 3 is 2.17 bits per heavy atom. The van der Waals surface area contributed by atoms with Crippen LogP contribution < -0.4 is 5.73 Å². The fourth-order valence-corrected chi connectivity index (χ4v) is 5.24. The Bertz CT molecular complexity index is 450. The zero-order valence-electron chi connectivity index (χ0n) is 10.7. The Morgan fingerprint density at radius 2 is 1.61 bits per heavy atom. The minimum Gasteiger partial charge on any atom is -0.399 e. The lowest BCUT2D eigenvalue weighted by molar-refractivity contribution is -0.134. The Labute approximate surface area is 108 Å². The third-order valence-corrected chi connectivity index (χ3v) is 5.56. The standard InChI is InChI=1S/C16H21NO/c17-14-3-1-11(2-4-14)15-12-5-10-6-13(15)9-16(18,7-10)8-12/h1-4,10,12-13,15,18H,5-9,17H2/t10?,12-,13-,15?,16?/m0/s1. The van der Waals surface area contributed by atoms with Crippen LogP contribution in [0.2, 0.25) is 0 Å². The van der Waals surface area contributed by atoms with Gasteiger partial charge >= 0.3 is 0 Å². The van der Waals surface area contributed by atoms with Crippen LogP contribution in [0.1, 0.15) is 43.6 Å². The topological polar surface area (TPSA) is 46.2 Å². The van der Waals surface area contributed by atoms with Crippen LogP contribution in [0, 0.1) is 17.8 Å². The SMILES string of the molecule is Nc1ccc(C2[C@H]3CC4C[C@H]2CC(O)(C4)C3)cc1. The highest BCUT2D eigenvalue weighted by atomic mass is 16.3. The van der Waals surface area contributed by atoms with Crippen molar-refractivity contribution in [2.75, 3.05) is 5.73 Å². The minimum absolute atomic E-state index is 0.319. The van der Waals surface area contributed by atoms with Crippen LogP contribution >= 0.6 is 0 Å². The van der Waals surface area contributed by atoms with E-state index in [9.17, 15) is 5.11 Å². The van der Waals surface area contributed by atoms with E-state index in [1.54, 1.807) is 0 Å². The molecule has 0 aromatic heterocycles. The fourth-order valence-electron chi connectivity index (χ4n) is 5.24. The van der Waals surface area contributed by atoms with Gasteiger partial charge < -0.3 is 10.8 Å². The monoisotopic (exact) mass is 243 g/mol. The minimum atomic E-state index is -0.319. The van der Waals surface area contributed by atoms with Crippen LogP contribution in [0.25, 0.3) is 0 Å². The molecule has 1 aromatic carbocycles. The Balaban J connectivity index is 1.69. The van der Waals surface area contributed by atoms with Gasteiger partial charge in [-0.25, -0.2) is 0 Å². The summed E-state index contributed by atoms with van der Waals surface area (Å²) in [5, 5.41) is 10.6. The average Bonchev–Trinajstić information content (AvgIpc) is 2.28. The second kappa shape index (κ2) is 3.51. The lowest BCUT2D eigenvalue weighted by atomic mass is 9.49. The lowest BCUT2D eigenvalue weighted by Crippen LogP contribution is -2.53. The summed E-state index contributed by atoms with van der Waals surface area (Å²) in [7, 11) is 0. The summed E-state index contributed by atoms with van der Waals surface area (Å²) in [4.78, 5) is 0. The zero-order chi connectivity index (χ0) is 12.3. The molecule has 0 spiro atoms. The molecule has 5 rings (SSSR count). The number of hydrogen-bond acceptors (Lipinski definition) is 2. The van der Waals surface area contributed by atoms with Gasteiger partial charge in [-0.2, -0.15) is 0 Å². The van der Waals surface area contributed by atoms with Crippen LogP contribution in [-0.4, -0.2) is 10.7 Å². The van der Waals surface area contributed by atoms with E-state index in [2.05, 4.69) is 12.1 Å². The largest absolute Gasteiger partial charge is 0.399 e. The van der Waals surface area contributed by atoms with Gasteiger partial charge in [0.05, 0.1) is 5.60 Å². The van der Waals surface area contributed by atoms with E-state index in [1.807, 2.05) is 12.1 Å². The number of rotatable bonds is 1. The molecule has 0 radical (unpaired) electrons. The van der Waals surface area contributed by atoms with E-state index in [0.29, 0.717) is 17.8 Å². The Hall–Kier alpha value is -1.02. The maximum atomic E-state index is 10.6. The smallest absolute Gasteiger partial charge is 0.0656 e. The Morgan fingerprint density at radius 1 is 1.00 bits per heavy atom. The molecule has 18 heavy (non-hydrogen) atoms. The molecule has 0 aliphatic heterocycles. The van der Waals surface area contributed by atoms with Crippen LogP contribution in [-0.2, 0) is 0 Å². The van der Waals surface area contributed by atoms with Crippen molar-refractivity contribution in [1.29, 1.82) is 0 Å². The molecule has 4 aliphatic rings. The summed E-state index contributed by atoms with van der Waals surface area (Å²) >= 11 is 0. The fraction of sp³-hybridized carbons (Fsp3) is 0.625. The van der Waals surface area contributed by atoms with Gasteiger partial charge in [0.15, 0.2) is 0 Å². The predicted octanol–water partition coefficient (Wildman–Crippen LogP) is 2.92. The molecule has 4 aliphatic carbocycles. The van der Waals surface area contributed by atoms with E-state index < -0.39 is 0 Å². The van der Waals surface area contributed by atoms with Gasteiger partial charge in [0, 0.05) is 5.69 Å². The first-order valence-electron chi connectivity index (χ1n) is 7.21. The molecule has 2 atom stereocenters. The molecule has 0 unspecified atom stereocenters. The molecule has 0 amide bonds. The third kappa shape index (κ3) is 1.51. The van der Waals surface area contributed by atoms with E-state index >= 15 is 0 Å². The number of hydrogen-bond donors (Lipinski definition) is 2. The second-order valence-electron chi connectivity index (χ2n) is 6.89. The van der Waals surface area contributed by atoms with Crippen molar-refractivity contribution >= 4 is 5.69 Å². The Kier molecular flexibility index (Phi) is 2.12. The number of nitrogen functional groups attached to an aromatic ring is 1. The van der Waals surface area contributed by atoms with Crippen molar-refractivity contribution in [3.63, 3.8) is 0 Å². The van der Waals surface area contributed by atoms with E-state index in [-0.39, 0.29) is 5.60 Å². The van der Waals surface area contributed by atoms with Gasteiger partial charge in [0.2, 0.25) is 0 Å². The molecule has 2 heteroatoms. The molecule has 2 nitrogen and oxygen atoms in total. The highest BCUT2D eigenvalue weighted by molar-refractivity contribution is 5.41. The third-order valence-electron chi connectivity index (χ3n) is 5.56. The molecule has 1 aromatic rings. The van der Waals surface area contributed by atoms with Crippen LogP contribution in [0.5, 0.6) is 0 Å². The lowest BCUT2D eigenvalue weighted by Gasteiger charge is -2.58. The average molecular weight is 243 g/mol. The van der Waals surface area contributed by atoms with Crippen LogP contribution in [0.3, 0.4) is 0 Å². The number of anilines is 1. The molecule has 3 N–H and O–H groups in total. The molecule has 4 saturated carbocycles. The van der Waals surface area contributed by atoms with Crippen molar-refractivity contribution in [2.24, 2.45) is 17.8 Å². The highest BCUT2D eigenvalue weighted by Gasteiger charge is 2.54. The summed E-state index contributed by atoms with van der Waals surface area (Å²) < 4.78 is 0. The molecular formula is C16H21NO. The summed E-state index contributed by atoms with van der Waals surface area (Å²) in [5.41, 5.74) is 7.76. The molecular weight excluding hydrogens is 222 g/mol. The van der Waals surface area contributed by atoms with Crippen molar-refractivity contribution in [1.82, 2.24) is 0 Å². The van der Waals surface area contributed by atoms with Gasteiger partial charge in [-0.05, 0) is 73.5 Å². The summed E-state index contributed by atoms with van der Waals surface area (Å²) in [6.07, 6.45) is 5.76. The number of aliphatic hydroxyl groups is 1. The number of nitrogens with two attached hydrogens (primary N) is 1. The van der Waals surface area contributed by atoms with Crippen molar-refractivity contribution in [3.05, 3.63) is 29.8 Å². The molecule has 0 heterocycles. The maximum Gasteiger partial charge on any atom is 0.0656 e. The van der Waals surface area contributed by atoms with E-state index in [1.165, 1.54) is 18.4 Å². The first kappa shape index (κ1) is 10.9. The van der Waals surface area contributed by atoms with Crippen LogP contribution in [0.4, 0.5) is 5.69 Å². The van der Waals surface area contributed by atoms with Gasteiger partial charge in [-0.3, -0.25) is 0 Å². The maximum absolute atomic E-state index is 10.6.